The number of rotatable bonds is 7. The van der Waals surface area contributed by atoms with E-state index in [9.17, 15) is 0 Å². The van der Waals surface area contributed by atoms with Crippen LogP contribution in [0.15, 0.2) is 0 Å². The van der Waals surface area contributed by atoms with Crippen molar-refractivity contribution in [3.05, 3.63) is 0 Å². The Bertz CT molecular complexity index is 128. The SMILES string of the molecule is CCC(Cl)CNCCC(C)(C)OC. The lowest BCUT2D eigenvalue weighted by molar-refractivity contribution is 0.0159. The average Bonchev–Trinajstić information content (AvgIpc) is 2.12. The van der Waals surface area contributed by atoms with Crippen LogP contribution in [0, 0.1) is 0 Å². The maximum Gasteiger partial charge on any atom is 0.0634 e. The molecule has 0 saturated carbocycles. The first-order valence-corrected chi connectivity index (χ1v) is 5.35. The Morgan fingerprint density at radius 1 is 1.46 bits per heavy atom. The van der Waals surface area contributed by atoms with E-state index in [1.54, 1.807) is 7.11 Å². The Hall–Kier alpha value is 0.210. The van der Waals surface area contributed by atoms with Gasteiger partial charge in [0.1, 0.15) is 0 Å². The maximum atomic E-state index is 5.96. The Morgan fingerprint density at radius 3 is 2.54 bits per heavy atom. The van der Waals surface area contributed by atoms with Gasteiger partial charge in [-0.05, 0) is 33.2 Å². The summed E-state index contributed by atoms with van der Waals surface area (Å²) in [6.07, 6.45) is 2.03. The summed E-state index contributed by atoms with van der Waals surface area (Å²) >= 11 is 5.96. The predicted octanol–water partition coefficient (Wildman–Crippen LogP) is 2.41. The lowest BCUT2D eigenvalue weighted by Gasteiger charge is -2.23. The molecule has 3 heteroatoms. The molecule has 0 bridgehead atoms. The molecule has 0 aliphatic heterocycles. The molecule has 0 spiro atoms. The largest absolute Gasteiger partial charge is 0.379 e. The summed E-state index contributed by atoms with van der Waals surface area (Å²) < 4.78 is 5.30. The standard InChI is InChI=1S/C10H22ClNO/c1-5-9(11)8-12-7-6-10(2,3)13-4/h9,12H,5-8H2,1-4H3. The Balaban J connectivity index is 3.35. The van der Waals surface area contributed by atoms with Gasteiger partial charge in [-0.3, -0.25) is 0 Å². The number of halogens is 1. The Kier molecular flexibility index (Phi) is 6.74. The van der Waals surface area contributed by atoms with Crippen molar-refractivity contribution in [2.24, 2.45) is 0 Å². The molecule has 0 aromatic heterocycles. The van der Waals surface area contributed by atoms with Crippen LogP contribution in [-0.2, 0) is 4.74 Å². The third-order valence-electron chi connectivity index (χ3n) is 2.27. The molecule has 1 N–H and O–H groups in total. The molecule has 0 aromatic rings. The van der Waals surface area contributed by atoms with E-state index >= 15 is 0 Å². The van der Waals surface area contributed by atoms with Crippen molar-refractivity contribution in [2.75, 3.05) is 20.2 Å². The molecule has 1 atom stereocenters. The number of hydrogen-bond acceptors (Lipinski definition) is 2. The van der Waals surface area contributed by atoms with Crippen LogP contribution in [0.5, 0.6) is 0 Å². The molecule has 80 valence electrons. The second kappa shape index (κ2) is 6.63. The lowest BCUT2D eigenvalue weighted by Crippen LogP contribution is -2.31. The van der Waals surface area contributed by atoms with E-state index in [0.717, 1.165) is 25.9 Å². The molecule has 0 heterocycles. The van der Waals surface area contributed by atoms with Gasteiger partial charge < -0.3 is 10.1 Å². The van der Waals surface area contributed by atoms with Gasteiger partial charge in [-0.2, -0.15) is 0 Å². The van der Waals surface area contributed by atoms with Gasteiger partial charge in [-0.15, -0.1) is 11.6 Å². The van der Waals surface area contributed by atoms with Crippen LogP contribution in [0.1, 0.15) is 33.6 Å². The van der Waals surface area contributed by atoms with Crippen molar-refractivity contribution in [1.82, 2.24) is 5.32 Å². The predicted molar refractivity (Wildman–Crippen MR) is 58.5 cm³/mol. The van der Waals surface area contributed by atoms with Crippen LogP contribution in [-0.4, -0.2) is 31.2 Å². The van der Waals surface area contributed by atoms with E-state index in [0.29, 0.717) is 0 Å². The summed E-state index contributed by atoms with van der Waals surface area (Å²) in [6, 6.07) is 0. The summed E-state index contributed by atoms with van der Waals surface area (Å²) in [5, 5.41) is 3.57. The van der Waals surface area contributed by atoms with Crippen molar-refractivity contribution in [3.8, 4) is 0 Å². The van der Waals surface area contributed by atoms with Crippen molar-refractivity contribution in [3.63, 3.8) is 0 Å². The van der Waals surface area contributed by atoms with Gasteiger partial charge in [0.05, 0.1) is 5.60 Å². The van der Waals surface area contributed by atoms with Crippen molar-refractivity contribution < 1.29 is 4.74 Å². The molecular weight excluding hydrogens is 186 g/mol. The first-order valence-electron chi connectivity index (χ1n) is 4.91. The highest BCUT2D eigenvalue weighted by molar-refractivity contribution is 6.20. The van der Waals surface area contributed by atoms with Gasteiger partial charge in [0, 0.05) is 19.0 Å². The van der Waals surface area contributed by atoms with Crippen LogP contribution in [0.4, 0.5) is 0 Å². The van der Waals surface area contributed by atoms with Gasteiger partial charge in [0.15, 0.2) is 0 Å². The first kappa shape index (κ1) is 13.2. The fraction of sp³-hybridized carbons (Fsp3) is 1.00. The smallest absolute Gasteiger partial charge is 0.0634 e. The summed E-state index contributed by atoms with van der Waals surface area (Å²) in [4.78, 5) is 0. The molecule has 13 heavy (non-hydrogen) atoms. The molecule has 0 aliphatic carbocycles. The van der Waals surface area contributed by atoms with Gasteiger partial charge in [-0.1, -0.05) is 6.92 Å². The zero-order chi connectivity index (χ0) is 10.3. The van der Waals surface area contributed by atoms with E-state index < -0.39 is 0 Å². The summed E-state index contributed by atoms with van der Waals surface area (Å²) in [6.45, 7) is 8.12. The minimum absolute atomic E-state index is 0.0268. The van der Waals surface area contributed by atoms with E-state index in [1.165, 1.54) is 0 Å². The average molecular weight is 208 g/mol. The molecule has 0 radical (unpaired) electrons. The quantitative estimate of drug-likeness (QED) is 0.512. The zero-order valence-corrected chi connectivity index (χ0v) is 9.95. The highest BCUT2D eigenvalue weighted by atomic mass is 35.5. The summed E-state index contributed by atoms with van der Waals surface area (Å²) in [5.41, 5.74) is -0.0268. The highest BCUT2D eigenvalue weighted by Gasteiger charge is 2.15. The molecular formula is C10H22ClNO. The molecule has 0 aromatic carbocycles. The van der Waals surface area contributed by atoms with E-state index in [4.69, 9.17) is 16.3 Å². The Labute approximate surface area is 87.0 Å². The first-order chi connectivity index (χ1) is 6.02. The Morgan fingerprint density at radius 2 is 2.08 bits per heavy atom. The van der Waals surface area contributed by atoms with Crippen molar-refractivity contribution in [2.45, 2.75) is 44.6 Å². The number of alkyl halides is 1. The highest BCUT2D eigenvalue weighted by Crippen LogP contribution is 2.11. The maximum absolute atomic E-state index is 5.96. The molecule has 0 rings (SSSR count). The van der Waals surface area contributed by atoms with Crippen LogP contribution in [0.25, 0.3) is 0 Å². The van der Waals surface area contributed by atoms with Crippen LogP contribution in [0.2, 0.25) is 0 Å². The third-order valence-corrected chi connectivity index (χ3v) is 2.73. The molecule has 0 aliphatic rings. The number of ether oxygens (including phenoxy) is 1. The van der Waals surface area contributed by atoms with Crippen LogP contribution >= 0.6 is 11.6 Å². The van der Waals surface area contributed by atoms with Gasteiger partial charge in [0.25, 0.3) is 0 Å². The van der Waals surface area contributed by atoms with E-state index in [-0.39, 0.29) is 11.0 Å². The minimum atomic E-state index is -0.0268. The van der Waals surface area contributed by atoms with Crippen LogP contribution in [0.3, 0.4) is 0 Å². The molecule has 0 saturated heterocycles. The summed E-state index contributed by atoms with van der Waals surface area (Å²) in [5.74, 6) is 0. The minimum Gasteiger partial charge on any atom is -0.379 e. The fourth-order valence-electron chi connectivity index (χ4n) is 0.894. The number of hydrogen-bond donors (Lipinski definition) is 1. The van der Waals surface area contributed by atoms with Crippen LogP contribution < -0.4 is 5.32 Å². The fourth-order valence-corrected chi connectivity index (χ4v) is 1.00. The van der Waals surface area contributed by atoms with Gasteiger partial charge >= 0.3 is 0 Å². The van der Waals surface area contributed by atoms with Gasteiger partial charge in [-0.25, -0.2) is 0 Å². The van der Waals surface area contributed by atoms with Crippen molar-refractivity contribution >= 4 is 11.6 Å². The number of nitrogens with one attached hydrogen (secondary N) is 1. The van der Waals surface area contributed by atoms with Gasteiger partial charge in [0.2, 0.25) is 0 Å². The topological polar surface area (TPSA) is 21.3 Å². The third kappa shape index (κ3) is 7.29. The molecule has 0 amide bonds. The second-order valence-electron chi connectivity index (χ2n) is 3.92. The summed E-state index contributed by atoms with van der Waals surface area (Å²) in [7, 11) is 1.75. The number of methoxy groups -OCH3 is 1. The molecule has 2 nitrogen and oxygen atoms in total. The second-order valence-corrected chi connectivity index (χ2v) is 4.54. The lowest BCUT2D eigenvalue weighted by atomic mass is 10.1. The van der Waals surface area contributed by atoms with E-state index in [2.05, 4.69) is 26.1 Å². The zero-order valence-electron chi connectivity index (χ0n) is 9.19. The van der Waals surface area contributed by atoms with E-state index in [1.807, 2.05) is 0 Å². The normalized spacial score (nSPS) is 14.5. The molecule has 1 unspecified atom stereocenters. The van der Waals surface area contributed by atoms with Crippen molar-refractivity contribution in [1.29, 1.82) is 0 Å². The monoisotopic (exact) mass is 207 g/mol. The molecule has 0 fully saturated rings.